The van der Waals surface area contributed by atoms with Crippen molar-refractivity contribution in [3.63, 3.8) is 0 Å². The van der Waals surface area contributed by atoms with E-state index in [1.165, 1.54) is 23.0 Å². The summed E-state index contributed by atoms with van der Waals surface area (Å²) in [7, 11) is 1.42. The van der Waals surface area contributed by atoms with E-state index in [1.807, 2.05) is 38.1 Å². The Morgan fingerprint density at radius 3 is 2.69 bits per heavy atom. The molecule has 8 nitrogen and oxygen atoms in total. The molecule has 0 saturated heterocycles. The van der Waals surface area contributed by atoms with Gasteiger partial charge in [0.1, 0.15) is 16.4 Å². The van der Waals surface area contributed by atoms with Gasteiger partial charge in [0.15, 0.2) is 0 Å². The molecule has 0 atom stereocenters. The summed E-state index contributed by atoms with van der Waals surface area (Å²) in [6.07, 6.45) is 0.775. The van der Waals surface area contributed by atoms with E-state index in [-0.39, 0.29) is 23.7 Å². The first-order valence-corrected chi connectivity index (χ1v) is 10.1. The number of nitrogens with zero attached hydrogens (tertiary/aromatic N) is 3. The van der Waals surface area contributed by atoms with Crippen LogP contribution < -0.4 is 22.3 Å². The molecule has 9 heteroatoms. The summed E-state index contributed by atoms with van der Waals surface area (Å²) in [4.78, 5) is 41.7. The van der Waals surface area contributed by atoms with E-state index in [2.05, 4.69) is 10.3 Å². The van der Waals surface area contributed by atoms with E-state index in [0.717, 1.165) is 15.8 Å². The zero-order valence-corrected chi connectivity index (χ0v) is 17.4. The third-order valence-corrected chi connectivity index (χ3v) is 5.42. The Morgan fingerprint density at radius 1 is 1.28 bits per heavy atom. The molecule has 0 aliphatic carbocycles. The molecule has 0 bridgehead atoms. The van der Waals surface area contributed by atoms with Crippen molar-refractivity contribution in [3.8, 4) is 11.3 Å². The maximum absolute atomic E-state index is 12.6. The summed E-state index contributed by atoms with van der Waals surface area (Å²) < 4.78 is 2.41. The topological polar surface area (TPSA) is 112 Å². The molecule has 0 saturated carbocycles. The molecule has 3 rings (SSSR count). The summed E-state index contributed by atoms with van der Waals surface area (Å²) in [5, 5.41) is 5.11. The third-order valence-electron chi connectivity index (χ3n) is 4.57. The maximum atomic E-state index is 12.6. The average molecular weight is 414 g/mol. The number of para-hydroxylation sites is 1. The zero-order valence-electron chi connectivity index (χ0n) is 16.6. The smallest absolute Gasteiger partial charge is 0.332 e. The Balaban J connectivity index is 1.89. The molecule has 0 fully saturated rings. The molecule has 2 heterocycles. The number of rotatable bonds is 6. The number of aromatic nitrogens is 3. The standard InChI is InChI=1S/C20H23N5O3S/c1-4-9-25-18(21)17(19(27)24(3)20(25)28)14-11-29-16(23-14)10-15(26)22-13-8-6-5-7-12(13)2/h5-8,11H,4,9-10,21H2,1-3H3,(H,22,26). The van der Waals surface area contributed by atoms with Gasteiger partial charge in [-0.2, -0.15) is 0 Å². The first-order valence-electron chi connectivity index (χ1n) is 9.23. The molecule has 0 radical (unpaired) electrons. The second kappa shape index (κ2) is 8.44. The van der Waals surface area contributed by atoms with Crippen LogP contribution in [0, 0.1) is 6.92 Å². The number of hydrogen-bond donors (Lipinski definition) is 2. The number of carbonyl (C=O) groups excluding carboxylic acids is 1. The van der Waals surface area contributed by atoms with Crippen LogP contribution in [0.4, 0.5) is 11.5 Å². The quantitative estimate of drug-likeness (QED) is 0.643. The fourth-order valence-corrected chi connectivity index (χ4v) is 3.80. The summed E-state index contributed by atoms with van der Waals surface area (Å²) >= 11 is 1.27. The number of hydrogen-bond acceptors (Lipinski definition) is 6. The lowest BCUT2D eigenvalue weighted by Gasteiger charge is -2.13. The van der Waals surface area contributed by atoms with Crippen LogP contribution in [0.5, 0.6) is 0 Å². The molecule has 29 heavy (non-hydrogen) atoms. The highest BCUT2D eigenvalue weighted by Crippen LogP contribution is 2.24. The van der Waals surface area contributed by atoms with Crippen molar-refractivity contribution in [2.24, 2.45) is 7.05 Å². The first kappa shape index (κ1) is 20.5. The van der Waals surface area contributed by atoms with Gasteiger partial charge in [0.05, 0.1) is 12.1 Å². The molecule has 152 valence electrons. The molecular weight excluding hydrogens is 390 g/mol. The lowest BCUT2D eigenvalue weighted by molar-refractivity contribution is -0.115. The molecule has 1 amide bonds. The monoisotopic (exact) mass is 413 g/mol. The molecular formula is C20H23N5O3S. The number of nitrogens with two attached hydrogens (primary N) is 1. The van der Waals surface area contributed by atoms with Crippen LogP contribution >= 0.6 is 11.3 Å². The van der Waals surface area contributed by atoms with Gasteiger partial charge in [-0.1, -0.05) is 25.1 Å². The summed E-state index contributed by atoms with van der Waals surface area (Å²) in [5.74, 6) is -0.0989. The molecule has 0 unspecified atom stereocenters. The lowest BCUT2D eigenvalue weighted by atomic mass is 10.2. The number of benzene rings is 1. The Labute approximate surface area is 171 Å². The number of amides is 1. The second-order valence-electron chi connectivity index (χ2n) is 6.72. The Bertz CT molecular complexity index is 1180. The van der Waals surface area contributed by atoms with E-state index >= 15 is 0 Å². The van der Waals surface area contributed by atoms with Crippen molar-refractivity contribution in [3.05, 3.63) is 61.1 Å². The predicted octanol–water partition coefficient (Wildman–Crippen LogP) is 2.15. The van der Waals surface area contributed by atoms with Crippen molar-refractivity contribution in [2.75, 3.05) is 11.1 Å². The molecule has 3 aromatic rings. The molecule has 3 N–H and O–H groups in total. The summed E-state index contributed by atoms with van der Waals surface area (Å²) in [6, 6.07) is 7.51. The molecule has 1 aromatic carbocycles. The van der Waals surface area contributed by atoms with E-state index in [1.54, 1.807) is 5.38 Å². The number of aryl methyl sites for hydroxylation is 1. The first-order chi connectivity index (χ1) is 13.8. The van der Waals surface area contributed by atoms with Crippen molar-refractivity contribution < 1.29 is 4.79 Å². The van der Waals surface area contributed by atoms with Gasteiger partial charge in [-0.25, -0.2) is 9.78 Å². The number of thiazole rings is 1. The van der Waals surface area contributed by atoms with E-state index in [4.69, 9.17) is 5.73 Å². The minimum Gasteiger partial charge on any atom is -0.384 e. The van der Waals surface area contributed by atoms with Gasteiger partial charge < -0.3 is 11.1 Å². The predicted molar refractivity (Wildman–Crippen MR) is 115 cm³/mol. The minimum atomic E-state index is -0.499. The number of anilines is 2. The Kier molecular flexibility index (Phi) is 5.97. The second-order valence-corrected chi connectivity index (χ2v) is 7.67. The van der Waals surface area contributed by atoms with Crippen LogP contribution in [0.3, 0.4) is 0 Å². The van der Waals surface area contributed by atoms with Gasteiger partial charge in [0, 0.05) is 24.7 Å². The van der Waals surface area contributed by atoms with Crippen LogP contribution in [-0.4, -0.2) is 20.0 Å². The molecule has 0 spiro atoms. The van der Waals surface area contributed by atoms with Gasteiger partial charge in [0.25, 0.3) is 5.56 Å². The Hall–Kier alpha value is -3.20. The lowest BCUT2D eigenvalue weighted by Crippen LogP contribution is -2.40. The van der Waals surface area contributed by atoms with Gasteiger partial charge in [0.2, 0.25) is 5.91 Å². The molecule has 2 aromatic heterocycles. The van der Waals surface area contributed by atoms with Crippen LogP contribution in [0.1, 0.15) is 23.9 Å². The summed E-state index contributed by atoms with van der Waals surface area (Å²) in [5.41, 5.74) is 7.46. The Morgan fingerprint density at radius 2 is 2.00 bits per heavy atom. The normalized spacial score (nSPS) is 10.9. The van der Waals surface area contributed by atoms with Gasteiger partial charge in [-0.3, -0.25) is 18.7 Å². The fourth-order valence-electron chi connectivity index (χ4n) is 3.02. The molecule has 0 aliphatic rings. The van der Waals surface area contributed by atoms with E-state index < -0.39 is 11.2 Å². The highest BCUT2D eigenvalue weighted by Gasteiger charge is 2.19. The van der Waals surface area contributed by atoms with Crippen LogP contribution in [0.2, 0.25) is 0 Å². The van der Waals surface area contributed by atoms with Crippen LogP contribution in [0.15, 0.2) is 39.2 Å². The van der Waals surface area contributed by atoms with Crippen molar-refractivity contribution in [1.29, 1.82) is 0 Å². The summed E-state index contributed by atoms with van der Waals surface area (Å²) in [6.45, 7) is 4.24. The van der Waals surface area contributed by atoms with Crippen molar-refractivity contribution >= 4 is 28.7 Å². The number of nitrogen functional groups attached to an aromatic ring is 1. The van der Waals surface area contributed by atoms with Crippen molar-refractivity contribution in [2.45, 2.75) is 33.2 Å². The average Bonchev–Trinajstić information content (AvgIpc) is 3.13. The third kappa shape index (κ3) is 4.14. The van der Waals surface area contributed by atoms with Crippen molar-refractivity contribution in [1.82, 2.24) is 14.1 Å². The fraction of sp³-hybridized carbons (Fsp3) is 0.300. The van der Waals surface area contributed by atoms with E-state index in [0.29, 0.717) is 23.7 Å². The van der Waals surface area contributed by atoms with E-state index in [9.17, 15) is 14.4 Å². The molecule has 0 aliphatic heterocycles. The largest absolute Gasteiger partial charge is 0.384 e. The highest BCUT2D eigenvalue weighted by molar-refractivity contribution is 7.10. The number of carbonyl (C=O) groups is 1. The van der Waals surface area contributed by atoms with Gasteiger partial charge in [-0.05, 0) is 25.0 Å². The maximum Gasteiger partial charge on any atom is 0.332 e. The van der Waals surface area contributed by atoms with Crippen LogP contribution in [0.25, 0.3) is 11.3 Å². The highest BCUT2D eigenvalue weighted by atomic mass is 32.1. The number of nitrogens with one attached hydrogen (secondary N) is 1. The van der Waals surface area contributed by atoms with Gasteiger partial charge in [-0.15, -0.1) is 11.3 Å². The minimum absolute atomic E-state index is 0.0772. The zero-order chi connectivity index (χ0) is 21.1. The van der Waals surface area contributed by atoms with Gasteiger partial charge >= 0.3 is 5.69 Å². The SMILES string of the molecule is CCCn1c(N)c(-c2csc(CC(=O)Nc3ccccc3C)n2)c(=O)n(C)c1=O. The van der Waals surface area contributed by atoms with Crippen LogP contribution in [-0.2, 0) is 24.8 Å².